The van der Waals surface area contributed by atoms with Crippen molar-refractivity contribution >= 4 is 11.8 Å². The fraction of sp³-hybridized carbons (Fsp3) is 0.833. The highest BCUT2D eigenvalue weighted by Crippen LogP contribution is 2.44. The lowest BCUT2D eigenvalue weighted by Crippen LogP contribution is -2.35. The van der Waals surface area contributed by atoms with Gasteiger partial charge in [-0.25, -0.2) is 0 Å². The molecular weight excluding hydrogens is 206 g/mol. The van der Waals surface area contributed by atoms with Gasteiger partial charge in [-0.1, -0.05) is 13.3 Å². The van der Waals surface area contributed by atoms with Gasteiger partial charge in [0.2, 0.25) is 11.8 Å². The zero-order valence-corrected chi connectivity index (χ0v) is 9.52. The summed E-state index contributed by atoms with van der Waals surface area (Å²) >= 11 is 0. The summed E-state index contributed by atoms with van der Waals surface area (Å²) in [5.41, 5.74) is 0. The maximum absolute atomic E-state index is 12.1. The minimum absolute atomic E-state index is 0.0174. The molecule has 16 heavy (non-hydrogen) atoms. The molecule has 3 aliphatic rings. The van der Waals surface area contributed by atoms with Gasteiger partial charge in [0.15, 0.2) is 0 Å². The van der Waals surface area contributed by atoms with Crippen LogP contribution in [0.4, 0.5) is 0 Å². The maximum Gasteiger partial charge on any atom is 0.233 e. The van der Waals surface area contributed by atoms with Crippen molar-refractivity contribution in [2.45, 2.75) is 32.3 Å². The molecule has 1 saturated carbocycles. The van der Waals surface area contributed by atoms with Gasteiger partial charge in [-0.3, -0.25) is 14.5 Å². The molecule has 0 radical (unpaired) electrons. The largest absolute Gasteiger partial charge is 0.371 e. The number of likely N-dealkylation sites (tertiary alicyclic amines) is 1. The summed E-state index contributed by atoms with van der Waals surface area (Å²) in [6.45, 7) is 3.32. The first-order valence-corrected chi connectivity index (χ1v) is 6.17. The lowest BCUT2D eigenvalue weighted by atomic mass is 10.00. The second-order valence-corrected chi connectivity index (χ2v) is 5.20. The molecule has 0 spiro atoms. The standard InChI is InChI=1S/C12H17NO3/c1-2-7-3-9-10(4-7)12(15)13(11(9)14)5-8-6-16-8/h7-10H,2-6H2,1H3. The van der Waals surface area contributed by atoms with Crippen molar-refractivity contribution in [2.75, 3.05) is 13.2 Å². The van der Waals surface area contributed by atoms with Crippen LogP contribution in [0.25, 0.3) is 0 Å². The van der Waals surface area contributed by atoms with Crippen LogP contribution in [0.15, 0.2) is 0 Å². The average Bonchev–Trinajstić information content (AvgIpc) is 2.95. The van der Waals surface area contributed by atoms with Crippen LogP contribution in [0.3, 0.4) is 0 Å². The molecule has 3 rings (SSSR count). The van der Waals surface area contributed by atoms with Crippen LogP contribution in [-0.2, 0) is 14.3 Å². The average molecular weight is 223 g/mol. The number of nitrogens with zero attached hydrogens (tertiary/aromatic N) is 1. The molecular formula is C12H17NO3. The SMILES string of the molecule is CCC1CC2C(=O)N(CC3CO3)C(=O)C2C1. The molecule has 1 aliphatic carbocycles. The second-order valence-electron chi connectivity index (χ2n) is 5.20. The van der Waals surface area contributed by atoms with E-state index in [1.807, 2.05) is 0 Å². The molecule has 4 heteroatoms. The highest BCUT2D eigenvalue weighted by molar-refractivity contribution is 6.05. The number of hydrogen-bond acceptors (Lipinski definition) is 3. The molecule has 3 unspecified atom stereocenters. The first-order chi connectivity index (χ1) is 7.70. The molecule has 2 heterocycles. The van der Waals surface area contributed by atoms with Crippen LogP contribution >= 0.6 is 0 Å². The predicted molar refractivity (Wildman–Crippen MR) is 56.5 cm³/mol. The number of rotatable bonds is 3. The van der Waals surface area contributed by atoms with Gasteiger partial charge in [-0.2, -0.15) is 0 Å². The van der Waals surface area contributed by atoms with E-state index < -0.39 is 0 Å². The normalized spacial score (nSPS) is 41.7. The molecule has 0 N–H and O–H groups in total. The van der Waals surface area contributed by atoms with Crippen molar-refractivity contribution in [3.05, 3.63) is 0 Å². The summed E-state index contributed by atoms with van der Waals surface area (Å²) in [4.78, 5) is 25.6. The molecule has 88 valence electrons. The third kappa shape index (κ3) is 1.47. The number of hydrogen-bond donors (Lipinski definition) is 0. The zero-order valence-electron chi connectivity index (χ0n) is 9.52. The van der Waals surface area contributed by atoms with E-state index in [1.165, 1.54) is 4.90 Å². The third-order valence-corrected chi connectivity index (χ3v) is 4.19. The Bertz CT molecular complexity index is 313. The quantitative estimate of drug-likeness (QED) is 0.525. The van der Waals surface area contributed by atoms with Crippen LogP contribution in [0.1, 0.15) is 26.2 Å². The van der Waals surface area contributed by atoms with Crippen LogP contribution in [0.5, 0.6) is 0 Å². The monoisotopic (exact) mass is 223 g/mol. The molecule has 4 nitrogen and oxygen atoms in total. The third-order valence-electron chi connectivity index (χ3n) is 4.19. The van der Waals surface area contributed by atoms with E-state index in [-0.39, 0.29) is 29.8 Å². The first kappa shape index (κ1) is 10.3. The Labute approximate surface area is 94.9 Å². The highest BCUT2D eigenvalue weighted by atomic mass is 16.6. The summed E-state index contributed by atoms with van der Waals surface area (Å²) in [7, 11) is 0. The van der Waals surface area contributed by atoms with E-state index in [9.17, 15) is 9.59 Å². The molecule has 2 aliphatic heterocycles. The van der Waals surface area contributed by atoms with E-state index in [0.717, 1.165) is 19.3 Å². The van der Waals surface area contributed by atoms with E-state index >= 15 is 0 Å². The summed E-state index contributed by atoms with van der Waals surface area (Å²) < 4.78 is 5.09. The fourth-order valence-corrected chi connectivity index (χ4v) is 3.09. The van der Waals surface area contributed by atoms with E-state index in [4.69, 9.17) is 4.74 Å². The summed E-state index contributed by atoms with van der Waals surface area (Å²) in [5.74, 6) is 0.650. The second kappa shape index (κ2) is 3.55. The Kier molecular flexibility index (Phi) is 2.28. The van der Waals surface area contributed by atoms with Gasteiger partial charge in [0.25, 0.3) is 0 Å². The Morgan fingerprint density at radius 3 is 2.25 bits per heavy atom. The van der Waals surface area contributed by atoms with Crippen LogP contribution in [-0.4, -0.2) is 36.0 Å². The zero-order chi connectivity index (χ0) is 11.3. The van der Waals surface area contributed by atoms with Crippen molar-refractivity contribution in [1.82, 2.24) is 4.90 Å². The molecule has 0 aromatic heterocycles. The first-order valence-electron chi connectivity index (χ1n) is 6.17. The summed E-state index contributed by atoms with van der Waals surface area (Å²) in [5, 5.41) is 0. The van der Waals surface area contributed by atoms with Crippen molar-refractivity contribution in [1.29, 1.82) is 0 Å². The minimum Gasteiger partial charge on any atom is -0.371 e. The Hall–Kier alpha value is -0.900. The van der Waals surface area contributed by atoms with Gasteiger partial charge in [0.1, 0.15) is 0 Å². The predicted octanol–water partition coefficient (Wildman–Crippen LogP) is 0.806. The van der Waals surface area contributed by atoms with E-state index in [0.29, 0.717) is 19.1 Å². The van der Waals surface area contributed by atoms with Crippen molar-refractivity contribution in [3.63, 3.8) is 0 Å². The number of ether oxygens (including phenoxy) is 1. The molecule has 2 amide bonds. The summed E-state index contributed by atoms with van der Waals surface area (Å²) in [6, 6.07) is 0. The van der Waals surface area contributed by atoms with Gasteiger partial charge in [0, 0.05) is 0 Å². The lowest BCUT2D eigenvalue weighted by molar-refractivity contribution is -0.140. The minimum atomic E-state index is -0.0174. The summed E-state index contributed by atoms with van der Waals surface area (Å²) in [6.07, 6.45) is 3.02. The van der Waals surface area contributed by atoms with Crippen molar-refractivity contribution in [2.24, 2.45) is 17.8 Å². The van der Waals surface area contributed by atoms with Crippen molar-refractivity contribution < 1.29 is 14.3 Å². The maximum atomic E-state index is 12.1. The number of carbonyl (C=O) groups is 2. The highest BCUT2D eigenvalue weighted by Gasteiger charge is 2.53. The Morgan fingerprint density at radius 1 is 1.25 bits per heavy atom. The number of amides is 2. The van der Waals surface area contributed by atoms with Gasteiger partial charge in [-0.05, 0) is 18.8 Å². The Morgan fingerprint density at radius 2 is 1.81 bits per heavy atom. The number of fused-ring (bicyclic) bond motifs is 1. The Balaban J connectivity index is 1.73. The fourth-order valence-electron chi connectivity index (χ4n) is 3.09. The lowest BCUT2D eigenvalue weighted by Gasteiger charge is -2.16. The molecule has 3 fully saturated rings. The molecule has 3 atom stereocenters. The van der Waals surface area contributed by atoms with E-state index in [1.54, 1.807) is 0 Å². The van der Waals surface area contributed by atoms with Gasteiger partial charge < -0.3 is 4.74 Å². The van der Waals surface area contributed by atoms with Crippen LogP contribution in [0, 0.1) is 17.8 Å². The topological polar surface area (TPSA) is 49.9 Å². The van der Waals surface area contributed by atoms with Crippen LogP contribution in [0.2, 0.25) is 0 Å². The number of epoxide rings is 1. The number of imide groups is 1. The smallest absolute Gasteiger partial charge is 0.233 e. The molecule has 0 bridgehead atoms. The van der Waals surface area contributed by atoms with Crippen molar-refractivity contribution in [3.8, 4) is 0 Å². The molecule has 0 aromatic carbocycles. The van der Waals surface area contributed by atoms with Gasteiger partial charge >= 0.3 is 0 Å². The molecule has 2 saturated heterocycles. The molecule has 0 aromatic rings. The van der Waals surface area contributed by atoms with Crippen LogP contribution < -0.4 is 0 Å². The van der Waals surface area contributed by atoms with E-state index in [2.05, 4.69) is 6.92 Å². The number of carbonyl (C=O) groups excluding carboxylic acids is 2. The van der Waals surface area contributed by atoms with Gasteiger partial charge in [0.05, 0.1) is 31.1 Å². The van der Waals surface area contributed by atoms with Gasteiger partial charge in [-0.15, -0.1) is 0 Å².